The summed E-state index contributed by atoms with van der Waals surface area (Å²) in [5, 5.41) is 3.42. The molecular weight excluding hydrogens is 485 g/mol. The van der Waals surface area contributed by atoms with Gasteiger partial charge in [0.2, 0.25) is 0 Å². The summed E-state index contributed by atoms with van der Waals surface area (Å²) >= 11 is 0. The summed E-state index contributed by atoms with van der Waals surface area (Å²) < 4.78 is 22.2. The first-order valence-electron chi connectivity index (χ1n) is 10.0. The van der Waals surface area contributed by atoms with Gasteiger partial charge in [0.1, 0.15) is 17.6 Å². The van der Waals surface area contributed by atoms with Crippen molar-refractivity contribution < 1.29 is 18.9 Å². The molecule has 0 spiro atoms. The normalized spacial score (nSPS) is 16.1. The zero-order valence-electron chi connectivity index (χ0n) is 18.1. The summed E-state index contributed by atoms with van der Waals surface area (Å²) in [5.74, 6) is 2.51. The average molecular weight is 521 g/mol. The maximum atomic E-state index is 5.97. The van der Waals surface area contributed by atoms with E-state index in [2.05, 4.69) is 15.2 Å². The van der Waals surface area contributed by atoms with Gasteiger partial charge in [-0.3, -0.25) is 4.99 Å². The van der Waals surface area contributed by atoms with Gasteiger partial charge in [0, 0.05) is 46.5 Å². The van der Waals surface area contributed by atoms with Gasteiger partial charge in [0.25, 0.3) is 0 Å². The third-order valence-electron chi connectivity index (χ3n) is 4.73. The van der Waals surface area contributed by atoms with Crippen molar-refractivity contribution in [2.24, 2.45) is 4.99 Å². The van der Waals surface area contributed by atoms with Crippen LogP contribution in [0, 0.1) is 0 Å². The van der Waals surface area contributed by atoms with E-state index in [1.54, 1.807) is 14.2 Å². The van der Waals surface area contributed by atoms with Crippen LogP contribution in [0.2, 0.25) is 0 Å². The Kier molecular flexibility index (Phi) is 13.0. The van der Waals surface area contributed by atoms with Crippen LogP contribution in [0.1, 0.15) is 26.2 Å². The SMILES string of the molecule is CN=C(NCC(C)Oc1cccc(OC)c1)N1CCC(OCCCOC)CC1.I. The van der Waals surface area contributed by atoms with Crippen LogP contribution in [-0.4, -0.2) is 77.2 Å². The minimum atomic E-state index is 0. The van der Waals surface area contributed by atoms with E-state index in [0.717, 1.165) is 63.0 Å². The molecule has 0 aromatic heterocycles. The monoisotopic (exact) mass is 521 g/mol. The fraction of sp³-hybridized carbons (Fsp3) is 0.667. The lowest BCUT2D eigenvalue weighted by molar-refractivity contribution is 0.00984. The summed E-state index contributed by atoms with van der Waals surface area (Å²) in [6.07, 6.45) is 3.32. The highest BCUT2D eigenvalue weighted by molar-refractivity contribution is 14.0. The van der Waals surface area contributed by atoms with Crippen LogP contribution in [0.15, 0.2) is 29.3 Å². The molecule has 1 unspecified atom stereocenters. The molecule has 1 N–H and O–H groups in total. The number of hydrogen-bond donors (Lipinski definition) is 1. The van der Waals surface area contributed by atoms with Crippen LogP contribution in [0.25, 0.3) is 0 Å². The molecule has 0 radical (unpaired) electrons. The van der Waals surface area contributed by atoms with Gasteiger partial charge in [0.15, 0.2) is 5.96 Å². The van der Waals surface area contributed by atoms with E-state index >= 15 is 0 Å². The number of guanidine groups is 1. The Bertz CT molecular complexity index is 595. The highest BCUT2D eigenvalue weighted by Crippen LogP contribution is 2.20. The fourth-order valence-electron chi connectivity index (χ4n) is 3.20. The molecule has 1 atom stereocenters. The van der Waals surface area contributed by atoms with Gasteiger partial charge < -0.3 is 29.2 Å². The van der Waals surface area contributed by atoms with Crippen molar-refractivity contribution in [3.05, 3.63) is 24.3 Å². The second-order valence-corrected chi connectivity index (χ2v) is 6.94. The molecule has 2 rings (SSSR count). The number of benzene rings is 1. The molecule has 1 aromatic carbocycles. The summed E-state index contributed by atoms with van der Waals surface area (Å²) in [7, 11) is 5.20. The van der Waals surface area contributed by atoms with Crippen LogP contribution < -0.4 is 14.8 Å². The lowest BCUT2D eigenvalue weighted by Crippen LogP contribution is -2.48. The molecular formula is C21H36IN3O4. The minimum Gasteiger partial charge on any atom is -0.497 e. The minimum absolute atomic E-state index is 0. The number of methoxy groups -OCH3 is 2. The third-order valence-corrected chi connectivity index (χ3v) is 4.73. The average Bonchev–Trinajstić information content (AvgIpc) is 2.72. The summed E-state index contributed by atoms with van der Waals surface area (Å²) in [6, 6.07) is 7.66. The van der Waals surface area contributed by atoms with Gasteiger partial charge >= 0.3 is 0 Å². The number of likely N-dealkylation sites (tertiary alicyclic amines) is 1. The van der Waals surface area contributed by atoms with Crippen LogP contribution in [0.5, 0.6) is 11.5 Å². The number of aliphatic imine (C=N–C) groups is 1. The number of ether oxygens (including phenoxy) is 4. The Morgan fingerprint density at radius 3 is 2.59 bits per heavy atom. The Hall–Kier alpha value is -1.26. The van der Waals surface area contributed by atoms with Gasteiger partial charge in [-0.1, -0.05) is 6.07 Å². The van der Waals surface area contributed by atoms with Crippen molar-refractivity contribution in [1.29, 1.82) is 0 Å². The maximum absolute atomic E-state index is 5.97. The highest BCUT2D eigenvalue weighted by Gasteiger charge is 2.22. The third kappa shape index (κ3) is 9.39. The van der Waals surface area contributed by atoms with E-state index in [-0.39, 0.29) is 30.1 Å². The first-order chi connectivity index (χ1) is 13.7. The van der Waals surface area contributed by atoms with Crippen molar-refractivity contribution in [2.75, 3.05) is 54.1 Å². The molecule has 7 nitrogen and oxygen atoms in total. The summed E-state index contributed by atoms with van der Waals surface area (Å²) in [6.45, 7) is 6.13. The van der Waals surface area contributed by atoms with Gasteiger partial charge in [-0.05, 0) is 38.3 Å². The van der Waals surface area contributed by atoms with Gasteiger partial charge in [-0.2, -0.15) is 0 Å². The Labute approximate surface area is 192 Å². The van der Waals surface area contributed by atoms with E-state index in [1.165, 1.54) is 0 Å². The first-order valence-corrected chi connectivity index (χ1v) is 10.0. The molecule has 0 saturated carbocycles. The Morgan fingerprint density at radius 1 is 1.21 bits per heavy atom. The smallest absolute Gasteiger partial charge is 0.193 e. The zero-order chi connectivity index (χ0) is 20.2. The van der Waals surface area contributed by atoms with Crippen molar-refractivity contribution in [1.82, 2.24) is 10.2 Å². The standard InChI is InChI=1S/C21H35N3O4.HI/c1-17(28-20-8-5-7-19(15-20)26-4)16-23-21(22-2)24-11-9-18(10-12-24)27-14-6-13-25-3;/h5,7-8,15,17-18H,6,9-14,16H2,1-4H3,(H,22,23);1H. The molecule has 29 heavy (non-hydrogen) atoms. The number of rotatable bonds is 10. The molecule has 166 valence electrons. The zero-order valence-corrected chi connectivity index (χ0v) is 20.4. The largest absolute Gasteiger partial charge is 0.497 e. The second-order valence-electron chi connectivity index (χ2n) is 6.94. The number of halogens is 1. The van der Waals surface area contributed by atoms with Gasteiger partial charge in [-0.25, -0.2) is 0 Å². The summed E-state index contributed by atoms with van der Waals surface area (Å²) in [4.78, 5) is 6.71. The van der Waals surface area contributed by atoms with E-state index in [9.17, 15) is 0 Å². The maximum Gasteiger partial charge on any atom is 0.193 e. The summed E-state index contributed by atoms with van der Waals surface area (Å²) in [5.41, 5.74) is 0. The van der Waals surface area contributed by atoms with Crippen LogP contribution >= 0.6 is 24.0 Å². The van der Waals surface area contributed by atoms with Crippen molar-refractivity contribution in [2.45, 2.75) is 38.4 Å². The highest BCUT2D eigenvalue weighted by atomic mass is 127. The molecule has 1 aromatic rings. The van der Waals surface area contributed by atoms with Gasteiger partial charge in [-0.15, -0.1) is 24.0 Å². The lowest BCUT2D eigenvalue weighted by Gasteiger charge is -2.34. The van der Waals surface area contributed by atoms with Crippen LogP contribution in [0.4, 0.5) is 0 Å². The van der Waals surface area contributed by atoms with Crippen LogP contribution in [0.3, 0.4) is 0 Å². The second kappa shape index (κ2) is 14.7. The van der Waals surface area contributed by atoms with Crippen molar-refractivity contribution in [3.8, 4) is 11.5 Å². The number of piperidine rings is 1. The number of nitrogens with one attached hydrogen (secondary N) is 1. The number of nitrogens with zero attached hydrogens (tertiary/aromatic N) is 2. The predicted octanol–water partition coefficient (Wildman–Crippen LogP) is 3.17. The molecule has 1 aliphatic heterocycles. The molecule has 8 heteroatoms. The molecule has 0 amide bonds. The Balaban J connectivity index is 0.00000420. The van der Waals surface area contributed by atoms with E-state index in [4.69, 9.17) is 18.9 Å². The lowest BCUT2D eigenvalue weighted by atomic mass is 10.1. The quantitative estimate of drug-likeness (QED) is 0.221. The van der Waals surface area contributed by atoms with Crippen LogP contribution in [-0.2, 0) is 9.47 Å². The van der Waals surface area contributed by atoms with Gasteiger partial charge in [0.05, 0.1) is 19.8 Å². The molecule has 1 aliphatic rings. The fourth-order valence-corrected chi connectivity index (χ4v) is 3.20. The molecule has 0 aliphatic carbocycles. The molecule has 1 heterocycles. The topological polar surface area (TPSA) is 64.6 Å². The van der Waals surface area contributed by atoms with E-state index in [1.807, 2.05) is 38.2 Å². The molecule has 1 fully saturated rings. The van der Waals surface area contributed by atoms with E-state index in [0.29, 0.717) is 12.6 Å². The van der Waals surface area contributed by atoms with E-state index < -0.39 is 0 Å². The Morgan fingerprint density at radius 2 is 1.93 bits per heavy atom. The van der Waals surface area contributed by atoms with Crippen molar-refractivity contribution >= 4 is 29.9 Å². The molecule has 0 bridgehead atoms. The molecule has 1 saturated heterocycles. The first kappa shape index (κ1) is 25.8. The van der Waals surface area contributed by atoms with Crippen molar-refractivity contribution in [3.63, 3.8) is 0 Å². The number of hydrogen-bond acceptors (Lipinski definition) is 5. The predicted molar refractivity (Wildman–Crippen MR) is 127 cm³/mol.